The zero-order valence-electron chi connectivity index (χ0n) is 11.7. The molecule has 2 heterocycles. The summed E-state index contributed by atoms with van der Waals surface area (Å²) in [6.07, 6.45) is 1.26. The fraction of sp³-hybridized carbons (Fsp3) is 0.600. The zero-order chi connectivity index (χ0) is 13.4. The minimum Gasteiger partial charge on any atom is -0.493 e. The first-order valence-corrected chi connectivity index (χ1v) is 8.06. The van der Waals surface area contributed by atoms with E-state index in [1.807, 2.05) is 18.7 Å². The first kappa shape index (κ1) is 13.1. The van der Waals surface area contributed by atoms with Crippen molar-refractivity contribution >= 4 is 11.8 Å². The van der Waals surface area contributed by atoms with E-state index in [4.69, 9.17) is 9.47 Å². The van der Waals surface area contributed by atoms with Gasteiger partial charge in [-0.1, -0.05) is 0 Å². The van der Waals surface area contributed by atoms with Crippen molar-refractivity contribution < 1.29 is 9.47 Å². The minimum atomic E-state index is 0.280. The summed E-state index contributed by atoms with van der Waals surface area (Å²) < 4.78 is 11.7. The van der Waals surface area contributed by atoms with Crippen LogP contribution in [0.5, 0.6) is 11.5 Å². The van der Waals surface area contributed by atoms with E-state index in [0.717, 1.165) is 23.7 Å². The fourth-order valence-corrected chi connectivity index (χ4v) is 3.98. The molecule has 0 radical (unpaired) electrons. The van der Waals surface area contributed by atoms with Gasteiger partial charge in [0.15, 0.2) is 0 Å². The van der Waals surface area contributed by atoms with Crippen molar-refractivity contribution in [3.8, 4) is 11.5 Å². The molecule has 1 fully saturated rings. The Balaban J connectivity index is 1.95. The van der Waals surface area contributed by atoms with Crippen LogP contribution in [0.4, 0.5) is 0 Å². The zero-order valence-corrected chi connectivity index (χ0v) is 12.5. The number of hydrogen-bond acceptors (Lipinski definition) is 4. The molecule has 2 aliphatic heterocycles. The van der Waals surface area contributed by atoms with E-state index in [1.54, 1.807) is 0 Å². The maximum absolute atomic E-state index is 5.87. The van der Waals surface area contributed by atoms with Crippen molar-refractivity contribution in [2.75, 3.05) is 12.4 Å². The lowest BCUT2D eigenvalue weighted by molar-refractivity contribution is 0.254. The number of hydrogen-bond donors (Lipinski definition) is 1. The van der Waals surface area contributed by atoms with Crippen LogP contribution in [-0.4, -0.2) is 24.5 Å². The Bertz CT molecular complexity index is 477. The molecular formula is C15H21NO2S. The van der Waals surface area contributed by atoms with Crippen LogP contribution in [0, 0.1) is 0 Å². The molecule has 2 aliphatic rings. The van der Waals surface area contributed by atoms with E-state index in [1.165, 1.54) is 11.1 Å². The molecule has 3 atom stereocenters. The largest absolute Gasteiger partial charge is 0.493 e. The van der Waals surface area contributed by atoms with E-state index in [0.29, 0.717) is 18.0 Å². The van der Waals surface area contributed by atoms with E-state index >= 15 is 0 Å². The Morgan fingerprint density at radius 1 is 1.42 bits per heavy atom. The first-order chi connectivity index (χ1) is 9.17. The van der Waals surface area contributed by atoms with Crippen LogP contribution in [0.3, 0.4) is 0 Å². The lowest BCUT2D eigenvalue weighted by Crippen LogP contribution is -2.22. The molecule has 0 spiro atoms. The maximum atomic E-state index is 5.87. The molecule has 104 valence electrons. The molecule has 1 aromatic carbocycles. The Kier molecular flexibility index (Phi) is 3.63. The Morgan fingerprint density at radius 3 is 2.95 bits per heavy atom. The average Bonchev–Trinajstić information content (AvgIpc) is 2.93. The molecule has 0 aliphatic carbocycles. The SMILES string of the molecule is CCOc1cc2c(cc1C1NC(C)CS1)OC(C)C2. The standard InChI is InChI=1S/C15H21NO2S/c1-4-17-14-6-11-5-10(3)18-13(11)7-12(14)15-16-9(2)8-19-15/h6-7,9-10,15-16H,4-5,8H2,1-3H3. The van der Waals surface area contributed by atoms with Crippen LogP contribution in [0.15, 0.2) is 12.1 Å². The summed E-state index contributed by atoms with van der Waals surface area (Å²) in [6, 6.07) is 4.90. The summed E-state index contributed by atoms with van der Waals surface area (Å²) in [7, 11) is 0. The summed E-state index contributed by atoms with van der Waals surface area (Å²) in [5, 5.41) is 3.92. The summed E-state index contributed by atoms with van der Waals surface area (Å²) in [5.41, 5.74) is 2.50. The fourth-order valence-electron chi connectivity index (χ4n) is 2.72. The number of benzene rings is 1. The van der Waals surface area contributed by atoms with Gasteiger partial charge < -0.3 is 9.47 Å². The number of fused-ring (bicyclic) bond motifs is 1. The number of ether oxygens (including phenoxy) is 2. The molecule has 4 heteroatoms. The maximum Gasteiger partial charge on any atom is 0.125 e. The highest BCUT2D eigenvalue weighted by Gasteiger charge is 2.28. The summed E-state index contributed by atoms with van der Waals surface area (Å²) in [4.78, 5) is 0. The van der Waals surface area contributed by atoms with Gasteiger partial charge in [-0.05, 0) is 32.9 Å². The molecule has 0 amide bonds. The smallest absolute Gasteiger partial charge is 0.125 e. The number of rotatable bonds is 3. The topological polar surface area (TPSA) is 30.5 Å². The molecule has 0 aromatic heterocycles. The van der Waals surface area contributed by atoms with Crippen LogP contribution in [0.2, 0.25) is 0 Å². The normalized spacial score (nSPS) is 29.1. The first-order valence-electron chi connectivity index (χ1n) is 7.01. The van der Waals surface area contributed by atoms with Gasteiger partial charge in [0, 0.05) is 29.3 Å². The van der Waals surface area contributed by atoms with Gasteiger partial charge in [-0.25, -0.2) is 0 Å². The van der Waals surface area contributed by atoms with Gasteiger partial charge in [-0.2, -0.15) is 0 Å². The van der Waals surface area contributed by atoms with Crippen LogP contribution in [-0.2, 0) is 6.42 Å². The predicted octanol–water partition coefficient (Wildman–Crippen LogP) is 3.13. The van der Waals surface area contributed by atoms with E-state index < -0.39 is 0 Å². The van der Waals surface area contributed by atoms with Crippen LogP contribution in [0.1, 0.15) is 37.3 Å². The van der Waals surface area contributed by atoms with Crippen molar-refractivity contribution in [3.63, 3.8) is 0 Å². The van der Waals surface area contributed by atoms with Gasteiger partial charge in [0.2, 0.25) is 0 Å². The molecule has 0 bridgehead atoms. The number of nitrogens with one attached hydrogen (secondary N) is 1. The summed E-state index contributed by atoms with van der Waals surface area (Å²) >= 11 is 1.94. The van der Waals surface area contributed by atoms with E-state index in [2.05, 4.69) is 31.3 Å². The molecule has 0 saturated carbocycles. The second kappa shape index (κ2) is 5.25. The lowest BCUT2D eigenvalue weighted by atomic mass is 10.1. The van der Waals surface area contributed by atoms with Crippen molar-refractivity contribution in [2.24, 2.45) is 0 Å². The van der Waals surface area contributed by atoms with Crippen molar-refractivity contribution in [1.29, 1.82) is 0 Å². The van der Waals surface area contributed by atoms with Crippen molar-refractivity contribution in [2.45, 2.75) is 44.7 Å². The molecule has 3 nitrogen and oxygen atoms in total. The predicted molar refractivity (Wildman–Crippen MR) is 79.2 cm³/mol. The van der Waals surface area contributed by atoms with Gasteiger partial charge in [0.1, 0.15) is 17.6 Å². The van der Waals surface area contributed by atoms with Crippen LogP contribution in [0.25, 0.3) is 0 Å². The van der Waals surface area contributed by atoms with Gasteiger partial charge in [0.05, 0.1) is 12.0 Å². The van der Waals surface area contributed by atoms with Gasteiger partial charge >= 0.3 is 0 Å². The van der Waals surface area contributed by atoms with E-state index in [9.17, 15) is 0 Å². The number of thioether (sulfide) groups is 1. The second-order valence-corrected chi connectivity index (χ2v) is 6.48. The molecule has 3 unspecified atom stereocenters. The quantitative estimate of drug-likeness (QED) is 0.921. The monoisotopic (exact) mass is 279 g/mol. The molecule has 1 N–H and O–H groups in total. The molecule has 1 aromatic rings. The minimum absolute atomic E-state index is 0.280. The molecule has 3 rings (SSSR count). The Labute approximate surface area is 119 Å². The molecule has 19 heavy (non-hydrogen) atoms. The Morgan fingerprint density at radius 2 is 2.26 bits per heavy atom. The highest BCUT2D eigenvalue weighted by atomic mass is 32.2. The summed E-state index contributed by atoms with van der Waals surface area (Å²) in [5.74, 6) is 3.19. The molecular weight excluding hydrogens is 258 g/mol. The van der Waals surface area contributed by atoms with E-state index in [-0.39, 0.29) is 6.10 Å². The third-order valence-corrected chi connectivity index (χ3v) is 4.98. The van der Waals surface area contributed by atoms with Crippen molar-refractivity contribution in [1.82, 2.24) is 5.32 Å². The average molecular weight is 279 g/mol. The third-order valence-electron chi connectivity index (χ3n) is 3.56. The van der Waals surface area contributed by atoms with Crippen LogP contribution < -0.4 is 14.8 Å². The highest BCUT2D eigenvalue weighted by molar-refractivity contribution is 7.99. The highest BCUT2D eigenvalue weighted by Crippen LogP contribution is 2.42. The van der Waals surface area contributed by atoms with Crippen molar-refractivity contribution in [3.05, 3.63) is 23.3 Å². The summed E-state index contributed by atoms with van der Waals surface area (Å²) in [6.45, 7) is 7.08. The second-order valence-electron chi connectivity index (χ2n) is 5.34. The van der Waals surface area contributed by atoms with Gasteiger partial charge in [-0.15, -0.1) is 11.8 Å². The Hall–Kier alpha value is -0.870. The van der Waals surface area contributed by atoms with Crippen LogP contribution >= 0.6 is 11.8 Å². The van der Waals surface area contributed by atoms with Gasteiger partial charge in [0.25, 0.3) is 0 Å². The molecule has 1 saturated heterocycles. The van der Waals surface area contributed by atoms with Gasteiger partial charge in [-0.3, -0.25) is 5.32 Å². The third kappa shape index (κ3) is 2.56. The lowest BCUT2D eigenvalue weighted by Gasteiger charge is -2.17.